The average molecular weight is 305 g/mol. The highest BCUT2D eigenvalue weighted by atomic mass is 32.1. The molecule has 1 amide bonds. The van der Waals surface area contributed by atoms with Crippen molar-refractivity contribution in [1.29, 1.82) is 0 Å². The van der Waals surface area contributed by atoms with Gasteiger partial charge in [0.05, 0.1) is 0 Å². The van der Waals surface area contributed by atoms with Crippen molar-refractivity contribution in [3.05, 3.63) is 40.0 Å². The van der Waals surface area contributed by atoms with Gasteiger partial charge >= 0.3 is 0 Å². The molecule has 0 bridgehead atoms. The van der Waals surface area contributed by atoms with Crippen LogP contribution in [0.5, 0.6) is 0 Å². The van der Waals surface area contributed by atoms with Crippen molar-refractivity contribution in [2.75, 3.05) is 18.0 Å². The molecule has 1 aliphatic heterocycles. The Kier molecular flexibility index (Phi) is 4.13. The molecule has 104 valence electrons. The number of thiazole rings is 1. The first kappa shape index (κ1) is 13.3. The molecule has 20 heavy (non-hydrogen) atoms. The molecule has 4 nitrogen and oxygen atoms in total. The molecule has 1 aliphatic rings. The van der Waals surface area contributed by atoms with Crippen molar-refractivity contribution in [3.8, 4) is 0 Å². The largest absolute Gasteiger partial charge is 0.348 e. The zero-order valence-electron chi connectivity index (χ0n) is 10.9. The Morgan fingerprint density at radius 2 is 2.40 bits per heavy atom. The molecule has 1 N–H and O–H groups in total. The summed E-state index contributed by atoms with van der Waals surface area (Å²) < 4.78 is 0. The van der Waals surface area contributed by atoms with Gasteiger partial charge in [-0.1, -0.05) is 6.07 Å². The number of hydrogen-bond acceptors (Lipinski definition) is 5. The number of anilines is 1. The van der Waals surface area contributed by atoms with Gasteiger partial charge in [-0.2, -0.15) is 0 Å². The van der Waals surface area contributed by atoms with Crippen LogP contribution in [0.4, 0.5) is 5.13 Å². The predicted molar refractivity (Wildman–Crippen MR) is 84.2 cm³/mol. The second-order valence-electron chi connectivity index (χ2n) is 4.60. The minimum Gasteiger partial charge on any atom is -0.348 e. The summed E-state index contributed by atoms with van der Waals surface area (Å²) in [6.45, 7) is 1.79. The van der Waals surface area contributed by atoms with Crippen LogP contribution in [0, 0.1) is 0 Å². The van der Waals surface area contributed by atoms with E-state index in [0.717, 1.165) is 29.5 Å². The highest BCUT2D eigenvalue weighted by molar-refractivity contribution is 7.13. The van der Waals surface area contributed by atoms with Crippen LogP contribution in [0.1, 0.15) is 11.3 Å². The Hall–Kier alpha value is -1.66. The Labute approximate surface area is 125 Å². The number of hydrogen-bond donors (Lipinski definition) is 1. The highest BCUT2D eigenvalue weighted by Gasteiger charge is 2.24. The molecule has 6 heteroatoms. The second kappa shape index (κ2) is 6.19. The lowest BCUT2D eigenvalue weighted by atomic mass is 10.2. The van der Waals surface area contributed by atoms with Crippen molar-refractivity contribution in [2.24, 2.45) is 0 Å². The average Bonchev–Trinajstić information content (AvgIpc) is 3.18. The lowest BCUT2D eigenvalue weighted by molar-refractivity contribution is -0.117. The van der Waals surface area contributed by atoms with Crippen LogP contribution in [0.25, 0.3) is 6.08 Å². The normalized spacial score (nSPS) is 18.8. The van der Waals surface area contributed by atoms with Gasteiger partial charge in [-0.3, -0.25) is 4.79 Å². The van der Waals surface area contributed by atoms with Crippen LogP contribution in [0.15, 0.2) is 35.2 Å². The Bertz CT molecular complexity index is 578. The summed E-state index contributed by atoms with van der Waals surface area (Å²) in [6.07, 6.45) is 6.25. The first-order valence-corrected chi connectivity index (χ1v) is 8.24. The fourth-order valence-electron chi connectivity index (χ4n) is 2.22. The summed E-state index contributed by atoms with van der Waals surface area (Å²) in [7, 11) is 0. The van der Waals surface area contributed by atoms with Gasteiger partial charge in [0.25, 0.3) is 0 Å². The smallest absolute Gasteiger partial charge is 0.244 e. The van der Waals surface area contributed by atoms with E-state index in [1.165, 1.54) is 0 Å². The van der Waals surface area contributed by atoms with Crippen molar-refractivity contribution >= 4 is 39.8 Å². The third kappa shape index (κ3) is 3.26. The van der Waals surface area contributed by atoms with E-state index in [1.54, 1.807) is 28.7 Å². The van der Waals surface area contributed by atoms with Crippen LogP contribution in [0.3, 0.4) is 0 Å². The molecule has 0 saturated carbocycles. The lowest BCUT2D eigenvalue weighted by Gasteiger charge is -2.15. The van der Waals surface area contributed by atoms with E-state index in [4.69, 9.17) is 0 Å². The van der Waals surface area contributed by atoms with Gasteiger partial charge in [-0.05, 0) is 23.9 Å². The zero-order valence-corrected chi connectivity index (χ0v) is 12.5. The SMILES string of the molecule is O=C(C=Cc1cccs1)NC1CCN(c2nccs2)C1. The fraction of sp³-hybridized carbons (Fsp3) is 0.286. The third-order valence-electron chi connectivity index (χ3n) is 3.17. The van der Waals surface area contributed by atoms with E-state index in [9.17, 15) is 4.79 Å². The maximum atomic E-state index is 11.9. The Balaban J connectivity index is 1.50. The van der Waals surface area contributed by atoms with Crippen molar-refractivity contribution in [3.63, 3.8) is 0 Å². The standard InChI is InChI=1S/C14H15N3OS2/c18-13(4-3-12-2-1-8-19-12)16-11-5-7-17(10-11)14-15-6-9-20-14/h1-4,6,8-9,11H,5,7,10H2,(H,16,18). The lowest BCUT2D eigenvalue weighted by Crippen LogP contribution is -2.36. The maximum absolute atomic E-state index is 11.9. The van der Waals surface area contributed by atoms with E-state index in [1.807, 2.05) is 35.2 Å². The molecule has 0 aliphatic carbocycles. The van der Waals surface area contributed by atoms with Crippen molar-refractivity contribution in [2.45, 2.75) is 12.5 Å². The molecule has 2 aromatic rings. The number of thiophene rings is 1. The van der Waals surface area contributed by atoms with Gasteiger partial charge in [-0.15, -0.1) is 22.7 Å². The van der Waals surface area contributed by atoms with E-state index in [0.29, 0.717) is 0 Å². The molecule has 1 fully saturated rings. The summed E-state index contributed by atoms with van der Waals surface area (Å²) in [5.74, 6) is -0.0237. The van der Waals surface area contributed by atoms with Gasteiger partial charge in [0.2, 0.25) is 5.91 Å². The summed E-state index contributed by atoms with van der Waals surface area (Å²) in [5, 5.41) is 8.06. The van der Waals surface area contributed by atoms with Crippen LogP contribution in [0.2, 0.25) is 0 Å². The van der Waals surface area contributed by atoms with Gasteiger partial charge in [0.1, 0.15) is 0 Å². The van der Waals surface area contributed by atoms with E-state index >= 15 is 0 Å². The molecule has 1 saturated heterocycles. The highest BCUT2D eigenvalue weighted by Crippen LogP contribution is 2.22. The van der Waals surface area contributed by atoms with Gasteiger partial charge in [0.15, 0.2) is 5.13 Å². The number of nitrogens with one attached hydrogen (secondary N) is 1. The van der Waals surface area contributed by atoms with Crippen LogP contribution in [-0.4, -0.2) is 30.0 Å². The van der Waals surface area contributed by atoms with Gasteiger partial charge < -0.3 is 10.2 Å². The minimum absolute atomic E-state index is 0.0237. The first-order valence-electron chi connectivity index (χ1n) is 6.48. The number of amides is 1. The number of carbonyl (C=O) groups is 1. The van der Waals surface area contributed by atoms with Crippen LogP contribution >= 0.6 is 22.7 Å². The summed E-state index contributed by atoms with van der Waals surface area (Å²) >= 11 is 3.26. The molecule has 3 rings (SSSR count). The van der Waals surface area contributed by atoms with E-state index in [2.05, 4.69) is 15.2 Å². The molecule has 1 atom stereocenters. The molecular weight excluding hydrogens is 290 g/mol. The zero-order chi connectivity index (χ0) is 13.8. The summed E-state index contributed by atoms with van der Waals surface area (Å²) in [4.78, 5) is 19.5. The molecule has 3 heterocycles. The Morgan fingerprint density at radius 3 is 3.15 bits per heavy atom. The Morgan fingerprint density at radius 1 is 1.45 bits per heavy atom. The molecule has 0 radical (unpaired) electrons. The monoisotopic (exact) mass is 305 g/mol. The maximum Gasteiger partial charge on any atom is 0.244 e. The quantitative estimate of drug-likeness (QED) is 0.883. The van der Waals surface area contributed by atoms with E-state index in [-0.39, 0.29) is 11.9 Å². The number of nitrogens with zero attached hydrogens (tertiary/aromatic N) is 2. The van der Waals surface area contributed by atoms with Crippen molar-refractivity contribution in [1.82, 2.24) is 10.3 Å². The van der Waals surface area contributed by atoms with Gasteiger partial charge in [0, 0.05) is 41.7 Å². The molecular formula is C14H15N3OS2. The fourth-order valence-corrected chi connectivity index (χ4v) is 3.52. The number of carbonyl (C=O) groups excluding carboxylic acids is 1. The van der Waals surface area contributed by atoms with Crippen LogP contribution < -0.4 is 10.2 Å². The van der Waals surface area contributed by atoms with Crippen molar-refractivity contribution < 1.29 is 4.79 Å². The molecule has 0 aromatic carbocycles. The molecule has 1 unspecified atom stereocenters. The topological polar surface area (TPSA) is 45.2 Å². The summed E-state index contributed by atoms with van der Waals surface area (Å²) in [6, 6.07) is 4.18. The van der Waals surface area contributed by atoms with E-state index < -0.39 is 0 Å². The molecule has 2 aromatic heterocycles. The van der Waals surface area contributed by atoms with Gasteiger partial charge in [-0.25, -0.2) is 4.98 Å². The van der Waals surface area contributed by atoms with Crippen LogP contribution in [-0.2, 0) is 4.79 Å². The number of aromatic nitrogens is 1. The predicted octanol–water partition coefficient (Wildman–Crippen LogP) is 2.61. The molecule has 0 spiro atoms. The summed E-state index contributed by atoms with van der Waals surface area (Å²) in [5.41, 5.74) is 0. The number of rotatable bonds is 4. The third-order valence-corrected chi connectivity index (χ3v) is 4.84. The first-order chi connectivity index (χ1) is 9.81. The minimum atomic E-state index is -0.0237. The second-order valence-corrected chi connectivity index (χ2v) is 6.46.